The summed E-state index contributed by atoms with van der Waals surface area (Å²) in [5, 5.41) is 3.78. The van der Waals surface area contributed by atoms with Crippen molar-refractivity contribution in [3.63, 3.8) is 0 Å². The molecule has 1 aliphatic rings. The number of carbonyl (C=O) groups excluding carboxylic acids is 1. The quantitative estimate of drug-likeness (QED) is 0.752. The van der Waals surface area contributed by atoms with Gasteiger partial charge in [0, 0.05) is 5.02 Å². The number of rotatable bonds is 6. The number of benzene rings is 2. The third-order valence-corrected chi connectivity index (χ3v) is 5.25. The van der Waals surface area contributed by atoms with E-state index >= 15 is 0 Å². The summed E-state index contributed by atoms with van der Waals surface area (Å²) in [5.41, 5.74) is 4.08. The maximum atomic E-state index is 12.6. The molecule has 0 bridgehead atoms. The maximum absolute atomic E-state index is 12.6. The van der Waals surface area contributed by atoms with Crippen LogP contribution in [0.5, 0.6) is 5.75 Å². The summed E-state index contributed by atoms with van der Waals surface area (Å²) in [6.07, 6.45) is 5.13. The van der Waals surface area contributed by atoms with E-state index in [0.717, 1.165) is 12.8 Å². The van der Waals surface area contributed by atoms with Crippen LogP contribution in [0.3, 0.4) is 0 Å². The van der Waals surface area contributed by atoms with Crippen LogP contribution < -0.4 is 10.1 Å². The summed E-state index contributed by atoms with van der Waals surface area (Å²) in [4.78, 5) is 12.6. The SMILES string of the molecule is CC[C@@H](NC(=O)[C@@H](C)Oc1ccc(Cl)cc1)c1ccc2c(c1)CCCC2. The van der Waals surface area contributed by atoms with E-state index in [9.17, 15) is 4.79 Å². The molecule has 0 aliphatic heterocycles. The average molecular weight is 372 g/mol. The molecule has 2 aromatic carbocycles. The molecule has 0 unspecified atom stereocenters. The van der Waals surface area contributed by atoms with Gasteiger partial charge in [-0.2, -0.15) is 0 Å². The molecule has 0 fully saturated rings. The second kappa shape index (κ2) is 8.59. The summed E-state index contributed by atoms with van der Waals surface area (Å²) in [6, 6.07) is 13.7. The van der Waals surface area contributed by atoms with Crippen LogP contribution >= 0.6 is 11.6 Å². The van der Waals surface area contributed by atoms with Crippen LogP contribution in [0.15, 0.2) is 42.5 Å². The Morgan fingerprint density at radius 2 is 1.81 bits per heavy atom. The van der Waals surface area contributed by atoms with Gasteiger partial charge in [0.2, 0.25) is 0 Å². The molecule has 0 heterocycles. The second-order valence-corrected chi connectivity index (χ2v) is 7.36. The smallest absolute Gasteiger partial charge is 0.261 e. The van der Waals surface area contributed by atoms with Gasteiger partial charge in [-0.1, -0.05) is 36.7 Å². The lowest BCUT2D eigenvalue weighted by molar-refractivity contribution is -0.128. The molecule has 3 rings (SSSR count). The van der Waals surface area contributed by atoms with E-state index in [1.165, 1.54) is 36.0 Å². The minimum absolute atomic E-state index is 0.00555. The Labute approximate surface area is 160 Å². The minimum Gasteiger partial charge on any atom is -0.481 e. The van der Waals surface area contributed by atoms with Crippen LogP contribution in [0.2, 0.25) is 5.02 Å². The zero-order valence-electron chi connectivity index (χ0n) is 15.4. The summed E-state index contributed by atoms with van der Waals surface area (Å²) in [7, 11) is 0. The molecule has 1 N–H and O–H groups in total. The number of aryl methyl sites for hydroxylation is 2. The molecule has 1 aliphatic carbocycles. The Morgan fingerprint density at radius 3 is 2.50 bits per heavy atom. The number of ether oxygens (including phenoxy) is 1. The fourth-order valence-electron chi connectivity index (χ4n) is 3.45. The Bertz CT molecular complexity index is 757. The topological polar surface area (TPSA) is 38.3 Å². The van der Waals surface area contributed by atoms with Gasteiger partial charge in [-0.15, -0.1) is 0 Å². The molecule has 138 valence electrons. The van der Waals surface area contributed by atoms with Gasteiger partial charge in [-0.05, 0) is 80.0 Å². The van der Waals surface area contributed by atoms with Crippen molar-refractivity contribution in [1.82, 2.24) is 5.32 Å². The molecule has 0 spiro atoms. The fraction of sp³-hybridized carbons (Fsp3) is 0.409. The lowest BCUT2D eigenvalue weighted by atomic mass is 9.89. The molecule has 26 heavy (non-hydrogen) atoms. The van der Waals surface area contributed by atoms with Gasteiger partial charge in [0.1, 0.15) is 5.75 Å². The molecule has 1 amide bonds. The van der Waals surface area contributed by atoms with Gasteiger partial charge in [-0.25, -0.2) is 0 Å². The molecule has 2 atom stereocenters. The van der Waals surface area contributed by atoms with Gasteiger partial charge >= 0.3 is 0 Å². The van der Waals surface area contributed by atoms with E-state index in [0.29, 0.717) is 10.8 Å². The monoisotopic (exact) mass is 371 g/mol. The largest absolute Gasteiger partial charge is 0.481 e. The number of fused-ring (bicyclic) bond motifs is 1. The van der Waals surface area contributed by atoms with Crippen LogP contribution in [0.1, 0.15) is 55.8 Å². The number of carbonyl (C=O) groups is 1. The van der Waals surface area contributed by atoms with Crippen molar-refractivity contribution in [1.29, 1.82) is 0 Å². The second-order valence-electron chi connectivity index (χ2n) is 6.92. The number of hydrogen-bond donors (Lipinski definition) is 1. The lowest BCUT2D eigenvalue weighted by Gasteiger charge is -2.23. The highest BCUT2D eigenvalue weighted by molar-refractivity contribution is 6.30. The molecular formula is C22H26ClNO2. The lowest BCUT2D eigenvalue weighted by Crippen LogP contribution is -2.38. The Hall–Kier alpha value is -2.00. The summed E-state index contributed by atoms with van der Waals surface area (Å²) in [5.74, 6) is 0.531. The molecule has 2 aromatic rings. The molecule has 3 nitrogen and oxygen atoms in total. The maximum Gasteiger partial charge on any atom is 0.261 e. The van der Waals surface area contributed by atoms with E-state index in [4.69, 9.17) is 16.3 Å². The normalized spacial score (nSPS) is 15.7. The van der Waals surface area contributed by atoms with Crippen LogP contribution in [0.4, 0.5) is 0 Å². The molecule has 4 heteroatoms. The zero-order chi connectivity index (χ0) is 18.5. The van der Waals surface area contributed by atoms with Gasteiger partial charge in [0.15, 0.2) is 6.10 Å². The van der Waals surface area contributed by atoms with Crippen molar-refractivity contribution in [2.75, 3.05) is 0 Å². The Kier molecular flexibility index (Phi) is 6.20. The first-order valence-corrected chi connectivity index (χ1v) is 9.79. The minimum atomic E-state index is -0.567. The van der Waals surface area contributed by atoms with Crippen LogP contribution in [0, 0.1) is 0 Å². The standard InChI is InChI=1S/C22H26ClNO2/c1-3-21(18-9-8-16-6-4-5-7-17(16)14-18)24-22(25)15(2)26-20-12-10-19(23)11-13-20/h8-15,21H,3-7H2,1-2H3,(H,24,25)/t15-,21-/m1/s1. The molecule has 0 saturated heterocycles. The molecule has 0 radical (unpaired) electrons. The first kappa shape index (κ1) is 18.8. The summed E-state index contributed by atoms with van der Waals surface area (Å²) < 4.78 is 5.73. The van der Waals surface area contributed by atoms with Gasteiger partial charge in [0.05, 0.1) is 6.04 Å². The Balaban J connectivity index is 1.65. The number of nitrogens with one attached hydrogen (secondary N) is 1. The average Bonchev–Trinajstić information content (AvgIpc) is 2.67. The molecule has 0 aromatic heterocycles. The fourth-order valence-corrected chi connectivity index (χ4v) is 3.58. The summed E-state index contributed by atoms with van der Waals surface area (Å²) in [6.45, 7) is 3.86. The van der Waals surface area contributed by atoms with Crippen molar-refractivity contribution < 1.29 is 9.53 Å². The first-order chi connectivity index (χ1) is 12.6. The number of hydrogen-bond acceptors (Lipinski definition) is 2. The van der Waals surface area contributed by atoms with Crippen LogP contribution in [-0.4, -0.2) is 12.0 Å². The van der Waals surface area contributed by atoms with E-state index in [1.54, 1.807) is 31.2 Å². The van der Waals surface area contributed by atoms with Crippen molar-refractivity contribution in [3.8, 4) is 5.75 Å². The third kappa shape index (κ3) is 4.59. The van der Waals surface area contributed by atoms with Crippen molar-refractivity contribution >= 4 is 17.5 Å². The van der Waals surface area contributed by atoms with Gasteiger partial charge < -0.3 is 10.1 Å². The van der Waals surface area contributed by atoms with E-state index < -0.39 is 6.10 Å². The molecular weight excluding hydrogens is 346 g/mol. The highest BCUT2D eigenvalue weighted by Gasteiger charge is 2.20. The third-order valence-electron chi connectivity index (χ3n) is 5.00. The predicted molar refractivity (Wildman–Crippen MR) is 106 cm³/mol. The highest BCUT2D eigenvalue weighted by atomic mass is 35.5. The Morgan fingerprint density at radius 1 is 1.12 bits per heavy atom. The highest BCUT2D eigenvalue weighted by Crippen LogP contribution is 2.26. The van der Waals surface area contributed by atoms with Crippen LogP contribution in [-0.2, 0) is 17.6 Å². The van der Waals surface area contributed by atoms with Crippen molar-refractivity contribution in [3.05, 3.63) is 64.2 Å². The zero-order valence-corrected chi connectivity index (χ0v) is 16.2. The summed E-state index contributed by atoms with van der Waals surface area (Å²) >= 11 is 5.88. The van der Waals surface area contributed by atoms with E-state index in [-0.39, 0.29) is 11.9 Å². The molecule has 0 saturated carbocycles. The van der Waals surface area contributed by atoms with Gasteiger partial charge in [0.25, 0.3) is 5.91 Å². The first-order valence-electron chi connectivity index (χ1n) is 9.41. The van der Waals surface area contributed by atoms with Crippen molar-refractivity contribution in [2.45, 2.75) is 58.1 Å². The number of amides is 1. The predicted octanol–water partition coefficient (Wildman–Crippen LogP) is 5.25. The number of halogens is 1. The van der Waals surface area contributed by atoms with Crippen molar-refractivity contribution in [2.24, 2.45) is 0 Å². The van der Waals surface area contributed by atoms with E-state index in [1.807, 2.05) is 0 Å². The van der Waals surface area contributed by atoms with Crippen LogP contribution in [0.25, 0.3) is 0 Å². The van der Waals surface area contributed by atoms with E-state index in [2.05, 4.69) is 30.4 Å². The van der Waals surface area contributed by atoms with Gasteiger partial charge in [-0.3, -0.25) is 4.79 Å².